The molecule has 0 unspecified atom stereocenters. The molecule has 0 atom stereocenters. The molecule has 0 aliphatic carbocycles. The first-order valence-corrected chi connectivity index (χ1v) is 6.90. The molecule has 0 spiro atoms. The van der Waals surface area contributed by atoms with Crippen LogP contribution in [0.25, 0.3) is 11.0 Å². The highest BCUT2D eigenvalue weighted by Crippen LogP contribution is 2.17. The normalized spacial score (nSPS) is 10.8. The van der Waals surface area contributed by atoms with Crippen molar-refractivity contribution in [2.24, 2.45) is 0 Å². The average Bonchev–Trinajstić information content (AvgIpc) is 2.86. The minimum absolute atomic E-state index is 0.0492. The van der Waals surface area contributed by atoms with Crippen LogP contribution in [0.3, 0.4) is 0 Å². The lowest BCUT2D eigenvalue weighted by molar-refractivity contribution is -0.116. The van der Waals surface area contributed by atoms with Gasteiger partial charge < -0.3 is 9.88 Å². The number of rotatable bonds is 3. The molecule has 106 valence electrons. The zero-order chi connectivity index (χ0) is 14.8. The molecule has 0 aliphatic rings. The summed E-state index contributed by atoms with van der Waals surface area (Å²) in [4.78, 5) is 16.5. The first-order chi connectivity index (χ1) is 10.1. The van der Waals surface area contributed by atoms with Crippen LogP contribution in [-0.4, -0.2) is 15.5 Å². The zero-order valence-electron chi connectivity index (χ0n) is 12.1. The Hall–Kier alpha value is -2.62. The van der Waals surface area contributed by atoms with Gasteiger partial charge in [-0.15, -0.1) is 0 Å². The lowest BCUT2D eigenvalue weighted by Gasteiger charge is -2.10. The van der Waals surface area contributed by atoms with Gasteiger partial charge >= 0.3 is 0 Å². The van der Waals surface area contributed by atoms with Gasteiger partial charge in [-0.1, -0.05) is 24.3 Å². The Morgan fingerprint density at radius 3 is 2.86 bits per heavy atom. The number of carbonyl (C=O) groups excluding carboxylic acids is 1. The number of hydrogen-bond acceptors (Lipinski definition) is 2. The molecular formula is C17H17N3O. The van der Waals surface area contributed by atoms with E-state index < -0.39 is 0 Å². The molecule has 1 aromatic heterocycles. The number of benzene rings is 2. The van der Waals surface area contributed by atoms with Crippen molar-refractivity contribution in [2.75, 3.05) is 5.32 Å². The molecule has 1 amide bonds. The maximum absolute atomic E-state index is 12.2. The molecule has 1 N–H and O–H groups in total. The third-order valence-electron chi connectivity index (χ3n) is 3.51. The van der Waals surface area contributed by atoms with Crippen molar-refractivity contribution in [3.05, 3.63) is 59.9 Å². The number of nitrogens with zero attached hydrogens (tertiary/aromatic N) is 2. The van der Waals surface area contributed by atoms with Crippen LogP contribution < -0.4 is 5.32 Å². The molecule has 0 radical (unpaired) electrons. The van der Waals surface area contributed by atoms with Crippen LogP contribution >= 0.6 is 0 Å². The molecule has 0 saturated heterocycles. The lowest BCUT2D eigenvalue weighted by atomic mass is 10.1. The summed E-state index contributed by atoms with van der Waals surface area (Å²) in [6, 6.07) is 13.8. The first-order valence-electron chi connectivity index (χ1n) is 6.90. The highest BCUT2D eigenvalue weighted by molar-refractivity contribution is 5.92. The SMILES string of the molecule is Cc1ccc(C)c(NC(=O)Cn2cnc3ccccc32)c1. The molecule has 21 heavy (non-hydrogen) atoms. The van der Waals surface area contributed by atoms with Crippen molar-refractivity contribution in [1.29, 1.82) is 0 Å². The van der Waals surface area contributed by atoms with Crippen LogP contribution in [0.5, 0.6) is 0 Å². The summed E-state index contributed by atoms with van der Waals surface area (Å²) in [5.74, 6) is -0.0492. The van der Waals surface area contributed by atoms with Crippen molar-refractivity contribution in [3.63, 3.8) is 0 Å². The fraction of sp³-hybridized carbons (Fsp3) is 0.176. The maximum Gasteiger partial charge on any atom is 0.244 e. The molecule has 4 heteroatoms. The Morgan fingerprint density at radius 2 is 2.00 bits per heavy atom. The van der Waals surface area contributed by atoms with Crippen LogP contribution in [-0.2, 0) is 11.3 Å². The molecule has 0 fully saturated rings. The average molecular weight is 279 g/mol. The molecule has 2 aromatic carbocycles. The lowest BCUT2D eigenvalue weighted by Crippen LogP contribution is -2.18. The molecular weight excluding hydrogens is 262 g/mol. The van der Waals surface area contributed by atoms with E-state index in [-0.39, 0.29) is 12.5 Å². The quantitative estimate of drug-likeness (QED) is 0.799. The van der Waals surface area contributed by atoms with Gasteiger partial charge in [0.1, 0.15) is 6.54 Å². The Balaban J connectivity index is 1.79. The third kappa shape index (κ3) is 2.79. The van der Waals surface area contributed by atoms with Gasteiger partial charge in [-0.2, -0.15) is 0 Å². The fourth-order valence-electron chi connectivity index (χ4n) is 2.35. The number of hydrogen-bond donors (Lipinski definition) is 1. The molecule has 0 bridgehead atoms. The summed E-state index contributed by atoms with van der Waals surface area (Å²) in [5.41, 5.74) is 4.92. The number of aryl methyl sites for hydroxylation is 2. The van der Waals surface area contributed by atoms with Crippen LogP contribution in [0.15, 0.2) is 48.8 Å². The van der Waals surface area contributed by atoms with Gasteiger partial charge in [0.05, 0.1) is 17.4 Å². The predicted octanol–water partition coefficient (Wildman–Crippen LogP) is 3.29. The number of fused-ring (bicyclic) bond motifs is 1. The summed E-state index contributed by atoms with van der Waals surface area (Å²) in [6.07, 6.45) is 1.70. The van der Waals surface area contributed by atoms with Gasteiger partial charge in [0.25, 0.3) is 0 Å². The van der Waals surface area contributed by atoms with Crippen molar-refractivity contribution >= 4 is 22.6 Å². The van der Waals surface area contributed by atoms with Crippen LogP contribution in [0.2, 0.25) is 0 Å². The number of carbonyl (C=O) groups is 1. The van der Waals surface area contributed by atoms with Crippen molar-refractivity contribution < 1.29 is 4.79 Å². The van der Waals surface area contributed by atoms with Gasteiger partial charge in [-0.3, -0.25) is 4.79 Å². The molecule has 0 saturated carbocycles. The van der Waals surface area contributed by atoms with Gasteiger partial charge in [-0.05, 0) is 43.2 Å². The number of para-hydroxylation sites is 2. The van der Waals surface area contributed by atoms with E-state index in [1.54, 1.807) is 6.33 Å². The minimum atomic E-state index is -0.0492. The van der Waals surface area contributed by atoms with Crippen molar-refractivity contribution in [1.82, 2.24) is 9.55 Å². The largest absolute Gasteiger partial charge is 0.324 e. The van der Waals surface area contributed by atoms with E-state index in [0.717, 1.165) is 27.8 Å². The molecule has 3 rings (SSSR count). The fourth-order valence-corrected chi connectivity index (χ4v) is 2.35. The van der Waals surface area contributed by atoms with Gasteiger partial charge in [0, 0.05) is 5.69 Å². The van der Waals surface area contributed by atoms with Crippen molar-refractivity contribution in [3.8, 4) is 0 Å². The number of imidazole rings is 1. The number of nitrogens with one attached hydrogen (secondary N) is 1. The Kier molecular flexibility index (Phi) is 3.44. The van der Waals surface area contributed by atoms with Gasteiger partial charge in [0.2, 0.25) is 5.91 Å². The monoisotopic (exact) mass is 279 g/mol. The third-order valence-corrected chi connectivity index (χ3v) is 3.51. The second kappa shape index (κ2) is 5.40. The van der Waals surface area contributed by atoms with E-state index >= 15 is 0 Å². The summed E-state index contributed by atoms with van der Waals surface area (Å²) >= 11 is 0. The number of aromatic nitrogens is 2. The van der Waals surface area contributed by atoms with Crippen LogP contribution in [0.4, 0.5) is 5.69 Å². The topological polar surface area (TPSA) is 46.9 Å². The Morgan fingerprint density at radius 1 is 1.19 bits per heavy atom. The summed E-state index contributed by atoms with van der Waals surface area (Å²) < 4.78 is 1.86. The van der Waals surface area contributed by atoms with E-state index in [9.17, 15) is 4.79 Å². The zero-order valence-corrected chi connectivity index (χ0v) is 12.1. The maximum atomic E-state index is 12.2. The van der Waals surface area contributed by atoms with E-state index in [1.165, 1.54) is 0 Å². The number of anilines is 1. The first kappa shape index (κ1) is 13.4. The summed E-state index contributed by atoms with van der Waals surface area (Å²) in [7, 11) is 0. The van der Waals surface area contributed by atoms with E-state index in [4.69, 9.17) is 0 Å². The Bertz CT molecular complexity index is 805. The Labute approximate surface area is 123 Å². The molecule has 1 heterocycles. The number of amides is 1. The smallest absolute Gasteiger partial charge is 0.244 e. The van der Waals surface area contributed by atoms with Crippen LogP contribution in [0.1, 0.15) is 11.1 Å². The van der Waals surface area contributed by atoms with Crippen LogP contribution in [0, 0.1) is 13.8 Å². The van der Waals surface area contributed by atoms with Gasteiger partial charge in [0.15, 0.2) is 0 Å². The van der Waals surface area contributed by atoms with E-state index in [0.29, 0.717) is 0 Å². The second-order valence-electron chi connectivity index (χ2n) is 5.23. The summed E-state index contributed by atoms with van der Waals surface area (Å²) in [5, 5.41) is 2.97. The predicted molar refractivity (Wildman–Crippen MR) is 84.3 cm³/mol. The van der Waals surface area contributed by atoms with E-state index in [1.807, 2.05) is 60.9 Å². The molecule has 4 nitrogen and oxygen atoms in total. The van der Waals surface area contributed by atoms with Gasteiger partial charge in [-0.25, -0.2) is 4.98 Å². The summed E-state index contributed by atoms with van der Waals surface area (Å²) in [6.45, 7) is 4.26. The second-order valence-corrected chi connectivity index (χ2v) is 5.23. The highest BCUT2D eigenvalue weighted by atomic mass is 16.1. The molecule has 0 aliphatic heterocycles. The van der Waals surface area contributed by atoms with E-state index in [2.05, 4.69) is 10.3 Å². The van der Waals surface area contributed by atoms with Crippen molar-refractivity contribution in [2.45, 2.75) is 20.4 Å². The standard InChI is InChI=1S/C17H17N3O/c1-12-7-8-13(2)15(9-12)19-17(21)10-20-11-18-14-5-3-4-6-16(14)20/h3-9,11H,10H2,1-2H3,(H,19,21). The minimum Gasteiger partial charge on any atom is -0.324 e. The highest BCUT2D eigenvalue weighted by Gasteiger charge is 2.08. The molecule has 3 aromatic rings.